The molecule has 23 heavy (non-hydrogen) atoms. The van der Waals surface area contributed by atoms with Crippen LogP contribution in [0.25, 0.3) is 28.2 Å². The zero-order valence-corrected chi connectivity index (χ0v) is 13.3. The van der Waals surface area contributed by atoms with E-state index < -0.39 is 0 Å². The van der Waals surface area contributed by atoms with Crippen LogP contribution in [-0.2, 0) is 0 Å². The van der Waals surface area contributed by atoms with Gasteiger partial charge in [0.1, 0.15) is 0 Å². The smallest absolute Gasteiger partial charge is 0.0930 e. The second kappa shape index (κ2) is 6.15. The van der Waals surface area contributed by atoms with Gasteiger partial charge in [-0.2, -0.15) is 0 Å². The van der Waals surface area contributed by atoms with E-state index in [1.807, 2.05) is 48.5 Å². The van der Waals surface area contributed by atoms with Crippen LogP contribution in [0.4, 0.5) is 5.69 Å². The molecule has 2 aromatic carbocycles. The third-order valence-electron chi connectivity index (χ3n) is 3.50. The fraction of sp³-hybridized carbons (Fsp3) is 0. The van der Waals surface area contributed by atoms with Gasteiger partial charge >= 0.3 is 0 Å². The third-order valence-corrected chi connectivity index (χ3v) is 3.82. The standard InChI is InChI=1S/C19H16ClN3/c1-3-13-4-9-16-17(20)11-18(23-19(16)10-13)14-5-7-15(8-6-14)22-12(2)21/h3-11,22H,1-2,21H2. The normalized spacial score (nSPS) is 10.5. The largest absolute Gasteiger partial charge is 0.386 e. The maximum absolute atomic E-state index is 6.40. The molecule has 0 unspecified atom stereocenters. The minimum absolute atomic E-state index is 0.404. The number of fused-ring (bicyclic) bond motifs is 1. The minimum Gasteiger partial charge on any atom is -0.386 e. The Morgan fingerprint density at radius 1 is 1.13 bits per heavy atom. The SMILES string of the molecule is C=Cc1ccc2c(Cl)cc(-c3ccc(NC(=C)N)cc3)nc2c1. The van der Waals surface area contributed by atoms with Crippen molar-refractivity contribution in [1.29, 1.82) is 0 Å². The summed E-state index contributed by atoms with van der Waals surface area (Å²) in [5.41, 5.74) is 10.1. The van der Waals surface area contributed by atoms with Crippen LogP contribution in [0.3, 0.4) is 0 Å². The number of anilines is 1. The van der Waals surface area contributed by atoms with Gasteiger partial charge in [0.15, 0.2) is 0 Å². The zero-order valence-electron chi connectivity index (χ0n) is 12.5. The fourth-order valence-corrected chi connectivity index (χ4v) is 2.65. The second-order valence-electron chi connectivity index (χ2n) is 5.20. The van der Waals surface area contributed by atoms with E-state index in [1.165, 1.54) is 0 Å². The first-order valence-corrected chi connectivity index (χ1v) is 7.49. The number of hydrogen-bond donors (Lipinski definition) is 2. The van der Waals surface area contributed by atoms with E-state index in [-0.39, 0.29) is 0 Å². The molecule has 1 heterocycles. The van der Waals surface area contributed by atoms with E-state index in [9.17, 15) is 0 Å². The van der Waals surface area contributed by atoms with Crippen molar-refractivity contribution in [2.45, 2.75) is 0 Å². The van der Waals surface area contributed by atoms with Crippen molar-refractivity contribution in [1.82, 2.24) is 4.98 Å². The lowest BCUT2D eigenvalue weighted by molar-refractivity contribution is 1.33. The van der Waals surface area contributed by atoms with Crippen LogP contribution in [0, 0.1) is 0 Å². The van der Waals surface area contributed by atoms with Gasteiger partial charge in [-0.05, 0) is 29.8 Å². The first kappa shape index (κ1) is 15.1. The Balaban J connectivity index is 2.05. The van der Waals surface area contributed by atoms with E-state index in [4.69, 9.17) is 22.3 Å². The molecular weight excluding hydrogens is 306 g/mol. The van der Waals surface area contributed by atoms with E-state index in [2.05, 4.69) is 18.5 Å². The summed E-state index contributed by atoms with van der Waals surface area (Å²) in [5.74, 6) is 0.404. The Labute approximate surface area is 140 Å². The van der Waals surface area contributed by atoms with Crippen molar-refractivity contribution in [2.24, 2.45) is 5.73 Å². The lowest BCUT2D eigenvalue weighted by atomic mass is 10.1. The van der Waals surface area contributed by atoms with Crippen LogP contribution in [0.1, 0.15) is 5.56 Å². The summed E-state index contributed by atoms with van der Waals surface area (Å²) in [4.78, 5) is 4.71. The highest BCUT2D eigenvalue weighted by Gasteiger charge is 2.07. The van der Waals surface area contributed by atoms with E-state index >= 15 is 0 Å². The molecule has 0 aliphatic rings. The topological polar surface area (TPSA) is 50.9 Å². The van der Waals surface area contributed by atoms with E-state index in [0.717, 1.165) is 33.4 Å². The van der Waals surface area contributed by atoms with Crippen LogP contribution in [0.2, 0.25) is 5.02 Å². The van der Waals surface area contributed by atoms with Crippen molar-refractivity contribution >= 4 is 34.3 Å². The predicted octanol–water partition coefficient (Wildman–Crippen LogP) is 5.04. The van der Waals surface area contributed by atoms with Crippen LogP contribution in [-0.4, -0.2) is 4.98 Å². The van der Waals surface area contributed by atoms with E-state index in [0.29, 0.717) is 10.8 Å². The lowest BCUT2D eigenvalue weighted by Gasteiger charge is -2.08. The summed E-state index contributed by atoms with van der Waals surface area (Å²) >= 11 is 6.40. The molecular formula is C19H16ClN3. The summed E-state index contributed by atoms with van der Waals surface area (Å²) < 4.78 is 0. The maximum atomic E-state index is 6.40. The fourth-order valence-electron chi connectivity index (χ4n) is 2.39. The van der Waals surface area contributed by atoms with Crippen molar-refractivity contribution in [3.8, 4) is 11.3 Å². The molecule has 1 aromatic heterocycles. The number of pyridine rings is 1. The molecule has 0 aliphatic heterocycles. The highest BCUT2D eigenvalue weighted by atomic mass is 35.5. The Morgan fingerprint density at radius 3 is 2.52 bits per heavy atom. The van der Waals surface area contributed by atoms with Gasteiger partial charge in [-0.1, -0.05) is 55.1 Å². The Hall–Kier alpha value is -2.78. The molecule has 3 aromatic rings. The average molecular weight is 322 g/mol. The zero-order chi connectivity index (χ0) is 16.4. The number of aromatic nitrogens is 1. The molecule has 3 N–H and O–H groups in total. The van der Waals surface area contributed by atoms with Gasteiger partial charge in [-0.15, -0.1) is 0 Å². The lowest BCUT2D eigenvalue weighted by Crippen LogP contribution is -2.06. The second-order valence-corrected chi connectivity index (χ2v) is 5.60. The molecule has 0 fully saturated rings. The average Bonchev–Trinajstić information content (AvgIpc) is 2.54. The van der Waals surface area contributed by atoms with Gasteiger partial charge in [-0.25, -0.2) is 4.98 Å². The molecule has 114 valence electrons. The van der Waals surface area contributed by atoms with Crippen molar-refractivity contribution in [3.05, 3.63) is 78.1 Å². The van der Waals surface area contributed by atoms with Gasteiger partial charge in [0, 0.05) is 16.6 Å². The highest BCUT2D eigenvalue weighted by molar-refractivity contribution is 6.35. The molecule has 0 saturated carbocycles. The number of hydrogen-bond acceptors (Lipinski definition) is 3. The first-order valence-electron chi connectivity index (χ1n) is 7.11. The number of nitrogens with two attached hydrogens (primary N) is 1. The van der Waals surface area contributed by atoms with Crippen LogP contribution in [0.15, 0.2) is 67.5 Å². The van der Waals surface area contributed by atoms with Crippen LogP contribution < -0.4 is 11.1 Å². The van der Waals surface area contributed by atoms with Gasteiger partial charge in [0.2, 0.25) is 0 Å². The summed E-state index contributed by atoms with van der Waals surface area (Å²) in [6.45, 7) is 7.41. The molecule has 3 nitrogen and oxygen atoms in total. The molecule has 4 heteroatoms. The highest BCUT2D eigenvalue weighted by Crippen LogP contribution is 2.29. The molecule has 0 spiro atoms. The number of halogens is 1. The first-order chi connectivity index (χ1) is 11.1. The molecule has 0 bridgehead atoms. The third kappa shape index (κ3) is 3.20. The van der Waals surface area contributed by atoms with Crippen molar-refractivity contribution < 1.29 is 0 Å². The van der Waals surface area contributed by atoms with Crippen LogP contribution in [0.5, 0.6) is 0 Å². The Morgan fingerprint density at radius 2 is 1.87 bits per heavy atom. The minimum atomic E-state index is 0.404. The molecule has 0 atom stereocenters. The molecule has 0 aliphatic carbocycles. The molecule has 3 rings (SSSR count). The summed E-state index contributed by atoms with van der Waals surface area (Å²) in [6.07, 6.45) is 1.79. The van der Waals surface area contributed by atoms with Gasteiger partial charge in [-0.3, -0.25) is 0 Å². The predicted molar refractivity (Wildman–Crippen MR) is 99.2 cm³/mol. The number of nitrogens with one attached hydrogen (secondary N) is 1. The van der Waals surface area contributed by atoms with Gasteiger partial charge in [0.05, 0.1) is 22.1 Å². The number of nitrogens with zero attached hydrogens (tertiary/aromatic N) is 1. The quantitative estimate of drug-likeness (QED) is 0.707. The van der Waals surface area contributed by atoms with Crippen molar-refractivity contribution in [3.63, 3.8) is 0 Å². The summed E-state index contributed by atoms with van der Waals surface area (Å²) in [5, 5.41) is 4.57. The number of rotatable bonds is 4. The van der Waals surface area contributed by atoms with Gasteiger partial charge in [0.25, 0.3) is 0 Å². The molecule has 0 saturated heterocycles. The maximum Gasteiger partial charge on any atom is 0.0930 e. The van der Waals surface area contributed by atoms with Crippen LogP contribution >= 0.6 is 11.6 Å². The summed E-state index contributed by atoms with van der Waals surface area (Å²) in [7, 11) is 0. The number of benzene rings is 2. The summed E-state index contributed by atoms with van der Waals surface area (Å²) in [6, 6.07) is 15.6. The van der Waals surface area contributed by atoms with Gasteiger partial charge < -0.3 is 11.1 Å². The molecule has 0 amide bonds. The van der Waals surface area contributed by atoms with Crippen molar-refractivity contribution in [2.75, 3.05) is 5.32 Å². The Kier molecular flexibility index (Phi) is 4.04. The Bertz CT molecular complexity index is 898. The molecule has 0 radical (unpaired) electrons. The van der Waals surface area contributed by atoms with E-state index in [1.54, 1.807) is 6.08 Å². The monoisotopic (exact) mass is 321 g/mol.